The lowest BCUT2D eigenvalue weighted by atomic mass is 10.2. The summed E-state index contributed by atoms with van der Waals surface area (Å²) in [5.74, 6) is 0. The molecule has 3 aromatic rings. The van der Waals surface area contributed by atoms with E-state index in [9.17, 15) is 4.79 Å². The topological polar surface area (TPSA) is 52.7 Å². The molecule has 0 aliphatic carbocycles. The fourth-order valence-corrected chi connectivity index (χ4v) is 2.27. The zero-order chi connectivity index (χ0) is 14.8. The predicted octanol–water partition coefficient (Wildman–Crippen LogP) is 2.48. The van der Waals surface area contributed by atoms with Crippen LogP contribution in [0.15, 0.2) is 54.2 Å². The van der Waals surface area contributed by atoms with Gasteiger partial charge in [0.25, 0.3) is 5.56 Å². The molecule has 3 rings (SSSR count). The number of aromatic nitrogens is 4. The smallest absolute Gasteiger partial charge is 0.264 e. The first-order chi connectivity index (χ1) is 10.2. The Morgan fingerprint density at radius 1 is 1.29 bits per heavy atom. The van der Waals surface area contributed by atoms with Gasteiger partial charge in [0.05, 0.1) is 12.7 Å². The van der Waals surface area contributed by atoms with Crippen LogP contribution in [0.5, 0.6) is 0 Å². The van der Waals surface area contributed by atoms with Crippen molar-refractivity contribution < 1.29 is 0 Å². The normalized spacial score (nSPS) is 10.9. The molecule has 0 aliphatic heterocycles. The van der Waals surface area contributed by atoms with E-state index < -0.39 is 0 Å². The lowest BCUT2D eigenvalue weighted by Gasteiger charge is -2.05. The average Bonchev–Trinajstić information content (AvgIpc) is 2.88. The van der Waals surface area contributed by atoms with Crippen molar-refractivity contribution in [3.63, 3.8) is 0 Å². The summed E-state index contributed by atoms with van der Waals surface area (Å²) in [4.78, 5) is 16.6. The minimum atomic E-state index is -0.109. The minimum absolute atomic E-state index is 0.109. The van der Waals surface area contributed by atoms with Crippen LogP contribution in [0.4, 0.5) is 0 Å². The summed E-state index contributed by atoms with van der Waals surface area (Å²) in [7, 11) is 0. The highest BCUT2D eigenvalue weighted by Gasteiger charge is 2.09. The molecule has 106 valence electrons. The second-order valence-electron chi connectivity index (χ2n) is 4.66. The van der Waals surface area contributed by atoms with Crippen LogP contribution < -0.4 is 5.56 Å². The molecule has 0 unspecified atom stereocenters. The van der Waals surface area contributed by atoms with Gasteiger partial charge in [-0.1, -0.05) is 29.8 Å². The first-order valence-electron chi connectivity index (χ1n) is 6.45. The summed E-state index contributed by atoms with van der Waals surface area (Å²) in [5, 5.41) is 5.45. The molecule has 21 heavy (non-hydrogen) atoms. The van der Waals surface area contributed by atoms with Gasteiger partial charge in [-0.25, -0.2) is 9.67 Å². The Morgan fingerprint density at radius 3 is 2.76 bits per heavy atom. The van der Waals surface area contributed by atoms with Gasteiger partial charge >= 0.3 is 0 Å². The van der Waals surface area contributed by atoms with Crippen LogP contribution in [0.1, 0.15) is 5.56 Å². The van der Waals surface area contributed by atoms with E-state index in [-0.39, 0.29) is 5.56 Å². The van der Waals surface area contributed by atoms with Gasteiger partial charge < -0.3 is 0 Å². The maximum Gasteiger partial charge on any atom is 0.264 e. The third-order valence-electron chi connectivity index (χ3n) is 3.19. The first-order valence-corrected chi connectivity index (χ1v) is 6.83. The Kier molecular flexibility index (Phi) is 3.58. The summed E-state index contributed by atoms with van der Waals surface area (Å²) in [5.41, 5.74) is 1.51. The van der Waals surface area contributed by atoms with Crippen LogP contribution in [0.25, 0.3) is 11.0 Å². The quantitative estimate of drug-likeness (QED) is 0.696. The Bertz CT molecular complexity index is 848. The zero-order valence-electron chi connectivity index (χ0n) is 11.2. The molecule has 0 saturated carbocycles. The molecule has 2 heterocycles. The van der Waals surface area contributed by atoms with E-state index in [0.717, 1.165) is 5.56 Å². The lowest BCUT2D eigenvalue weighted by Crippen LogP contribution is -2.19. The first kappa shape index (κ1) is 13.6. The molecule has 0 saturated heterocycles. The SMILES string of the molecule is C=CCn1cnc2c(cnn2Cc2ccc(Cl)cc2)c1=O. The molecule has 2 aromatic heterocycles. The van der Waals surface area contributed by atoms with Crippen LogP contribution in [0, 0.1) is 0 Å². The van der Waals surface area contributed by atoms with Crippen LogP contribution >= 0.6 is 11.6 Å². The van der Waals surface area contributed by atoms with E-state index in [1.807, 2.05) is 24.3 Å². The monoisotopic (exact) mass is 300 g/mol. The van der Waals surface area contributed by atoms with Crippen molar-refractivity contribution in [3.05, 3.63) is 70.4 Å². The highest BCUT2D eigenvalue weighted by atomic mass is 35.5. The van der Waals surface area contributed by atoms with E-state index in [1.165, 1.54) is 10.9 Å². The predicted molar refractivity (Wildman–Crippen MR) is 82.5 cm³/mol. The summed E-state index contributed by atoms with van der Waals surface area (Å²) < 4.78 is 3.21. The molecular weight excluding hydrogens is 288 g/mol. The molecule has 0 fully saturated rings. The number of fused-ring (bicyclic) bond motifs is 1. The minimum Gasteiger partial charge on any atom is -0.295 e. The lowest BCUT2D eigenvalue weighted by molar-refractivity contribution is 0.698. The van der Waals surface area contributed by atoms with Crippen LogP contribution in [0.2, 0.25) is 5.02 Å². The van der Waals surface area contributed by atoms with Crippen molar-refractivity contribution in [1.29, 1.82) is 0 Å². The van der Waals surface area contributed by atoms with Crippen LogP contribution in [0.3, 0.4) is 0 Å². The highest BCUT2D eigenvalue weighted by molar-refractivity contribution is 6.30. The largest absolute Gasteiger partial charge is 0.295 e. The number of nitrogens with zero attached hydrogens (tertiary/aromatic N) is 4. The van der Waals surface area contributed by atoms with Gasteiger partial charge in [-0.15, -0.1) is 6.58 Å². The van der Waals surface area contributed by atoms with Gasteiger partial charge in [-0.2, -0.15) is 5.10 Å². The summed E-state index contributed by atoms with van der Waals surface area (Å²) in [6.07, 6.45) is 4.74. The van der Waals surface area contributed by atoms with Crippen molar-refractivity contribution in [2.75, 3.05) is 0 Å². The van der Waals surface area contributed by atoms with Gasteiger partial charge in [-0.3, -0.25) is 9.36 Å². The van der Waals surface area contributed by atoms with Crippen molar-refractivity contribution in [2.45, 2.75) is 13.1 Å². The molecule has 0 bridgehead atoms. The number of allylic oxidation sites excluding steroid dienone is 1. The number of halogens is 1. The van der Waals surface area contributed by atoms with Gasteiger partial charge in [0.2, 0.25) is 0 Å². The Balaban J connectivity index is 2.01. The summed E-state index contributed by atoms with van der Waals surface area (Å²) >= 11 is 5.87. The second kappa shape index (κ2) is 5.54. The number of hydrogen-bond acceptors (Lipinski definition) is 3. The van der Waals surface area contributed by atoms with Crippen molar-refractivity contribution >= 4 is 22.6 Å². The van der Waals surface area contributed by atoms with Crippen molar-refractivity contribution in [1.82, 2.24) is 19.3 Å². The summed E-state index contributed by atoms with van der Waals surface area (Å²) in [6, 6.07) is 7.50. The van der Waals surface area contributed by atoms with E-state index in [4.69, 9.17) is 11.6 Å². The maximum absolute atomic E-state index is 12.2. The van der Waals surface area contributed by atoms with E-state index in [1.54, 1.807) is 17.0 Å². The number of benzene rings is 1. The maximum atomic E-state index is 12.2. The number of rotatable bonds is 4. The Morgan fingerprint density at radius 2 is 2.05 bits per heavy atom. The van der Waals surface area contributed by atoms with E-state index >= 15 is 0 Å². The molecule has 1 aromatic carbocycles. The molecule has 0 aliphatic rings. The molecular formula is C15H13ClN4O. The molecule has 0 radical (unpaired) electrons. The number of hydrogen-bond donors (Lipinski definition) is 0. The van der Waals surface area contributed by atoms with Gasteiger partial charge in [-0.05, 0) is 17.7 Å². The Hall–Kier alpha value is -2.40. The van der Waals surface area contributed by atoms with Crippen LogP contribution in [-0.4, -0.2) is 19.3 Å². The van der Waals surface area contributed by atoms with Crippen molar-refractivity contribution in [2.24, 2.45) is 0 Å². The Labute approximate surface area is 126 Å². The van der Waals surface area contributed by atoms with Gasteiger partial charge in [0.1, 0.15) is 11.7 Å². The molecule has 0 amide bonds. The van der Waals surface area contributed by atoms with Crippen LogP contribution in [-0.2, 0) is 13.1 Å². The van der Waals surface area contributed by atoms with Gasteiger partial charge in [0, 0.05) is 11.6 Å². The highest BCUT2D eigenvalue weighted by Crippen LogP contribution is 2.12. The fourth-order valence-electron chi connectivity index (χ4n) is 2.15. The molecule has 0 spiro atoms. The molecule has 0 atom stereocenters. The third-order valence-corrected chi connectivity index (χ3v) is 3.45. The average molecular weight is 301 g/mol. The molecule has 5 nitrogen and oxygen atoms in total. The summed E-state index contributed by atoms with van der Waals surface area (Å²) in [6.45, 7) is 4.60. The molecule has 0 N–H and O–H groups in total. The molecule has 6 heteroatoms. The zero-order valence-corrected chi connectivity index (χ0v) is 12.0. The third kappa shape index (κ3) is 2.60. The standard InChI is InChI=1S/C15H13ClN4O/c1-2-7-19-10-17-14-13(15(19)21)8-18-20(14)9-11-3-5-12(16)6-4-11/h2-6,8,10H,1,7,9H2. The fraction of sp³-hybridized carbons (Fsp3) is 0.133. The van der Waals surface area contributed by atoms with E-state index in [2.05, 4.69) is 16.7 Å². The van der Waals surface area contributed by atoms with Crippen molar-refractivity contribution in [3.8, 4) is 0 Å². The van der Waals surface area contributed by atoms with E-state index in [0.29, 0.717) is 29.1 Å². The second-order valence-corrected chi connectivity index (χ2v) is 5.09. The van der Waals surface area contributed by atoms with Gasteiger partial charge in [0.15, 0.2) is 5.65 Å².